The highest BCUT2D eigenvalue weighted by atomic mass is 16.1. The Morgan fingerprint density at radius 1 is 1.25 bits per heavy atom. The maximum atomic E-state index is 11.6. The molecule has 0 bridgehead atoms. The van der Waals surface area contributed by atoms with E-state index in [2.05, 4.69) is 30.8 Å². The molecule has 1 amide bonds. The van der Waals surface area contributed by atoms with Crippen LogP contribution in [0.25, 0.3) is 0 Å². The Kier molecular flexibility index (Phi) is 3.96. The van der Waals surface area contributed by atoms with E-state index >= 15 is 0 Å². The van der Waals surface area contributed by atoms with Gasteiger partial charge in [-0.05, 0) is 25.9 Å². The SMILES string of the molecule is O=C1NCNc2nc(NCCN3CCCCC3)ncc21. The van der Waals surface area contributed by atoms with E-state index in [4.69, 9.17) is 0 Å². The fraction of sp³-hybridized carbons (Fsp3) is 0.615. The largest absolute Gasteiger partial charge is 0.353 e. The summed E-state index contributed by atoms with van der Waals surface area (Å²) in [7, 11) is 0. The van der Waals surface area contributed by atoms with Gasteiger partial charge in [0.05, 0.1) is 6.67 Å². The first-order valence-electron chi connectivity index (χ1n) is 7.18. The Morgan fingerprint density at radius 3 is 2.95 bits per heavy atom. The molecule has 20 heavy (non-hydrogen) atoms. The van der Waals surface area contributed by atoms with Gasteiger partial charge in [0.15, 0.2) is 0 Å². The van der Waals surface area contributed by atoms with E-state index in [1.54, 1.807) is 6.20 Å². The number of carbonyl (C=O) groups is 1. The molecule has 0 aromatic carbocycles. The van der Waals surface area contributed by atoms with E-state index < -0.39 is 0 Å². The molecule has 1 fully saturated rings. The molecular formula is C13H20N6O. The van der Waals surface area contributed by atoms with Crippen molar-refractivity contribution >= 4 is 17.7 Å². The first kappa shape index (κ1) is 13.1. The second-order valence-electron chi connectivity index (χ2n) is 5.14. The number of likely N-dealkylation sites (tertiary alicyclic amines) is 1. The summed E-state index contributed by atoms with van der Waals surface area (Å²) in [6.07, 6.45) is 5.52. The molecule has 7 heteroatoms. The summed E-state index contributed by atoms with van der Waals surface area (Å²) < 4.78 is 0. The van der Waals surface area contributed by atoms with Crippen molar-refractivity contribution in [2.24, 2.45) is 0 Å². The zero-order valence-electron chi connectivity index (χ0n) is 11.5. The molecule has 0 unspecified atom stereocenters. The van der Waals surface area contributed by atoms with Crippen LogP contribution in [0.2, 0.25) is 0 Å². The van der Waals surface area contributed by atoms with E-state index in [-0.39, 0.29) is 5.91 Å². The standard InChI is InChI=1S/C13H20N6O/c20-12-10-8-15-13(18-11(10)16-9-17-12)14-4-7-19-5-2-1-3-6-19/h8H,1-7,9H2,(H,17,20)(H2,14,15,16,18). The topological polar surface area (TPSA) is 82.2 Å². The zero-order valence-corrected chi connectivity index (χ0v) is 11.5. The van der Waals surface area contributed by atoms with Crippen LogP contribution in [-0.2, 0) is 0 Å². The van der Waals surface area contributed by atoms with Crippen molar-refractivity contribution in [2.75, 3.05) is 43.5 Å². The Balaban J connectivity index is 1.54. The molecule has 3 heterocycles. The molecule has 1 saturated heterocycles. The summed E-state index contributed by atoms with van der Waals surface area (Å²) in [6, 6.07) is 0. The highest BCUT2D eigenvalue weighted by Gasteiger charge is 2.18. The van der Waals surface area contributed by atoms with Crippen LogP contribution in [0.3, 0.4) is 0 Å². The van der Waals surface area contributed by atoms with Crippen LogP contribution in [-0.4, -0.2) is 53.6 Å². The molecule has 1 aromatic heterocycles. The molecular weight excluding hydrogens is 256 g/mol. The lowest BCUT2D eigenvalue weighted by Gasteiger charge is -2.26. The number of nitrogens with zero attached hydrogens (tertiary/aromatic N) is 3. The minimum Gasteiger partial charge on any atom is -0.353 e. The normalized spacial score (nSPS) is 18.9. The summed E-state index contributed by atoms with van der Waals surface area (Å²) in [5.41, 5.74) is 0.498. The number of amides is 1. The molecule has 0 radical (unpaired) electrons. The van der Waals surface area contributed by atoms with Crippen LogP contribution in [0.5, 0.6) is 0 Å². The van der Waals surface area contributed by atoms with Gasteiger partial charge >= 0.3 is 0 Å². The van der Waals surface area contributed by atoms with Crippen LogP contribution >= 0.6 is 0 Å². The van der Waals surface area contributed by atoms with Gasteiger partial charge in [-0.15, -0.1) is 0 Å². The summed E-state index contributed by atoms with van der Waals surface area (Å²) in [4.78, 5) is 22.5. The van der Waals surface area contributed by atoms with E-state index in [9.17, 15) is 4.79 Å². The molecule has 1 aromatic rings. The Bertz CT molecular complexity index is 486. The lowest BCUT2D eigenvalue weighted by Crippen LogP contribution is -2.36. The summed E-state index contributed by atoms with van der Waals surface area (Å²) in [6.45, 7) is 4.62. The number of rotatable bonds is 4. The Hall–Kier alpha value is -1.89. The van der Waals surface area contributed by atoms with Crippen molar-refractivity contribution < 1.29 is 4.79 Å². The average Bonchev–Trinajstić information content (AvgIpc) is 2.48. The third-order valence-electron chi connectivity index (χ3n) is 3.70. The molecule has 0 atom stereocenters. The number of piperidine rings is 1. The van der Waals surface area contributed by atoms with Crippen molar-refractivity contribution in [3.8, 4) is 0 Å². The van der Waals surface area contributed by atoms with Gasteiger partial charge in [0.25, 0.3) is 5.91 Å². The van der Waals surface area contributed by atoms with Gasteiger partial charge in [-0.2, -0.15) is 4.98 Å². The highest BCUT2D eigenvalue weighted by molar-refractivity contribution is 6.00. The van der Waals surface area contributed by atoms with Gasteiger partial charge in [0, 0.05) is 19.3 Å². The van der Waals surface area contributed by atoms with Gasteiger partial charge in [-0.1, -0.05) is 6.42 Å². The fourth-order valence-corrected chi connectivity index (χ4v) is 2.58. The van der Waals surface area contributed by atoms with Crippen molar-refractivity contribution in [1.29, 1.82) is 0 Å². The molecule has 7 nitrogen and oxygen atoms in total. The maximum Gasteiger partial charge on any atom is 0.257 e. The number of nitrogens with one attached hydrogen (secondary N) is 3. The number of fused-ring (bicyclic) bond motifs is 1. The van der Waals surface area contributed by atoms with Crippen molar-refractivity contribution in [1.82, 2.24) is 20.2 Å². The predicted octanol–water partition coefficient (Wildman–Crippen LogP) is 0.487. The van der Waals surface area contributed by atoms with Gasteiger partial charge in [0.1, 0.15) is 11.4 Å². The number of carbonyl (C=O) groups excluding carboxylic acids is 1. The fourth-order valence-electron chi connectivity index (χ4n) is 2.58. The monoisotopic (exact) mass is 276 g/mol. The van der Waals surface area contributed by atoms with E-state index in [1.807, 2.05) is 0 Å². The second-order valence-corrected chi connectivity index (χ2v) is 5.14. The molecule has 108 valence electrons. The first-order chi connectivity index (χ1) is 9.83. The summed E-state index contributed by atoms with van der Waals surface area (Å²) in [5.74, 6) is 1.05. The number of anilines is 2. The lowest BCUT2D eigenvalue weighted by atomic mass is 10.1. The summed E-state index contributed by atoms with van der Waals surface area (Å²) in [5, 5.41) is 8.95. The molecule has 0 saturated carbocycles. The number of aromatic nitrogens is 2. The number of hydrogen-bond donors (Lipinski definition) is 3. The lowest BCUT2D eigenvalue weighted by molar-refractivity contribution is 0.0952. The van der Waals surface area contributed by atoms with Gasteiger partial charge in [0.2, 0.25) is 5.95 Å². The van der Waals surface area contributed by atoms with Crippen molar-refractivity contribution in [3.05, 3.63) is 11.8 Å². The average molecular weight is 276 g/mol. The smallest absolute Gasteiger partial charge is 0.257 e. The zero-order chi connectivity index (χ0) is 13.8. The molecule has 3 N–H and O–H groups in total. The van der Waals surface area contributed by atoms with Crippen molar-refractivity contribution in [3.63, 3.8) is 0 Å². The van der Waals surface area contributed by atoms with E-state index in [1.165, 1.54) is 32.4 Å². The van der Waals surface area contributed by atoms with Gasteiger partial charge in [-0.25, -0.2) is 4.98 Å². The van der Waals surface area contributed by atoms with Crippen LogP contribution in [0.4, 0.5) is 11.8 Å². The van der Waals surface area contributed by atoms with Crippen LogP contribution in [0.1, 0.15) is 29.6 Å². The second kappa shape index (κ2) is 6.04. The molecule has 2 aliphatic heterocycles. The predicted molar refractivity (Wildman–Crippen MR) is 76.8 cm³/mol. The van der Waals surface area contributed by atoms with E-state index in [0.717, 1.165) is 13.1 Å². The molecule has 0 aliphatic carbocycles. The third-order valence-corrected chi connectivity index (χ3v) is 3.70. The minimum absolute atomic E-state index is 0.126. The van der Waals surface area contributed by atoms with E-state index in [0.29, 0.717) is 24.0 Å². The Morgan fingerprint density at radius 2 is 2.10 bits per heavy atom. The van der Waals surface area contributed by atoms with Crippen LogP contribution in [0, 0.1) is 0 Å². The summed E-state index contributed by atoms with van der Waals surface area (Å²) >= 11 is 0. The van der Waals surface area contributed by atoms with Crippen molar-refractivity contribution in [2.45, 2.75) is 19.3 Å². The molecule has 2 aliphatic rings. The molecule has 3 rings (SSSR count). The first-order valence-corrected chi connectivity index (χ1v) is 7.18. The van der Waals surface area contributed by atoms with Crippen LogP contribution < -0.4 is 16.0 Å². The maximum absolute atomic E-state index is 11.6. The minimum atomic E-state index is -0.126. The Labute approximate surface area is 118 Å². The highest BCUT2D eigenvalue weighted by Crippen LogP contribution is 2.16. The van der Waals surface area contributed by atoms with Gasteiger partial charge < -0.3 is 20.9 Å². The van der Waals surface area contributed by atoms with Crippen LogP contribution in [0.15, 0.2) is 6.20 Å². The third kappa shape index (κ3) is 2.98. The molecule has 0 spiro atoms. The number of hydrogen-bond acceptors (Lipinski definition) is 6. The quantitative estimate of drug-likeness (QED) is 0.742. The van der Waals surface area contributed by atoms with Gasteiger partial charge in [-0.3, -0.25) is 4.79 Å².